The molecular weight excluding hydrogens is 416 g/mol. The van der Waals surface area contributed by atoms with E-state index in [1.807, 2.05) is 0 Å². The van der Waals surface area contributed by atoms with Crippen molar-refractivity contribution in [1.29, 1.82) is 0 Å². The van der Waals surface area contributed by atoms with Crippen molar-refractivity contribution in [2.24, 2.45) is 5.92 Å². The van der Waals surface area contributed by atoms with Gasteiger partial charge in [0.15, 0.2) is 17.5 Å². The van der Waals surface area contributed by atoms with Gasteiger partial charge in [-0.1, -0.05) is 49.2 Å². The number of hydrogen-bond acceptors (Lipinski definition) is 2. The van der Waals surface area contributed by atoms with Crippen molar-refractivity contribution in [3.8, 4) is 0 Å². The fourth-order valence-electron chi connectivity index (χ4n) is 3.11. The number of methoxy groups -OCH3 is 1. The molecule has 1 unspecified atom stereocenters. The predicted molar refractivity (Wildman–Crippen MR) is 101 cm³/mol. The van der Waals surface area contributed by atoms with Crippen molar-refractivity contribution in [2.45, 2.75) is 32.3 Å². The van der Waals surface area contributed by atoms with Crippen LogP contribution >= 0.6 is 23.2 Å². The molecule has 0 amide bonds. The first-order valence-electron chi connectivity index (χ1n) is 8.33. The van der Waals surface area contributed by atoms with Gasteiger partial charge in [0.05, 0.1) is 23.1 Å². The van der Waals surface area contributed by atoms with Crippen LogP contribution in [-0.2, 0) is 28.0 Å². The lowest BCUT2D eigenvalue weighted by molar-refractivity contribution is -0.144. The molecule has 2 rings (SSSR count). The number of aliphatic carboxylic acids is 1. The smallest absolute Gasteiger partial charge is 0.307 e. The van der Waals surface area contributed by atoms with Crippen LogP contribution in [0.5, 0.6) is 0 Å². The minimum absolute atomic E-state index is 0.471. The third-order valence-electron chi connectivity index (χ3n) is 4.90. The molecule has 0 aliphatic heterocycles. The number of carbonyl (C=O) groups is 1. The van der Waals surface area contributed by atoms with Gasteiger partial charge in [-0.25, -0.2) is 13.2 Å². The number of ether oxygens (including phenoxy) is 1. The van der Waals surface area contributed by atoms with Crippen molar-refractivity contribution >= 4 is 29.2 Å². The maximum atomic E-state index is 14.6. The molecule has 0 saturated heterocycles. The average molecular weight is 435 g/mol. The fourth-order valence-corrected chi connectivity index (χ4v) is 3.51. The fraction of sp³-hybridized carbons (Fsp3) is 0.350. The molecule has 0 heterocycles. The zero-order valence-corrected chi connectivity index (χ0v) is 17.0. The minimum Gasteiger partial charge on any atom is -0.481 e. The molecule has 0 bridgehead atoms. The number of halogens is 5. The quantitative estimate of drug-likeness (QED) is 0.561. The van der Waals surface area contributed by atoms with E-state index in [1.165, 1.54) is 7.11 Å². The highest BCUT2D eigenvalue weighted by Crippen LogP contribution is 2.38. The Morgan fingerprint density at radius 3 is 2.11 bits per heavy atom. The third-order valence-corrected chi connectivity index (χ3v) is 5.55. The van der Waals surface area contributed by atoms with Crippen molar-refractivity contribution in [3.05, 3.63) is 68.5 Å². The van der Waals surface area contributed by atoms with Crippen LogP contribution in [-0.4, -0.2) is 18.2 Å². The van der Waals surface area contributed by atoms with E-state index >= 15 is 0 Å². The van der Waals surface area contributed by atoms with Gasteiger partial charge in [-0.05, 0) is 24.1 Å². The van der Waals surface area contributed by atoms with Crippen molar-refractivity contribution in [3.63, 3.8) is 0 Å². The molecule has 0 saturated carbocycles. The van der Waals surface area contributed by atoms with E-state index in [4.69, 9.17) is 23.2 Å². The lowest BCUT2D eigenvalue weighted by Gasteiger charge is -2.32. The molecule has 152 valence electrons. The monoisotopic (exact) mass is 434 g/mol. The SMILES string of the molecule is COCc1c(F)c(F)c(CC(C(=O)O)C(C)(C)c2ccc(Cl)cc2)c(Cl)c1F. The third kappa shape index (κ3) is 4.29. The van der Waals surface area contributed by atoms with Gasteiger partial charge >= 0.3 is 5.97 Å². The highest BCUT2D eigenvalue weighted by molar-refractivity contribution is 6.31. The number of benzene rings is 2. The van der Waals surface area contributed by atoms with E-state index < -0.39 is 63.9 Å². The summed E-state index contributed by atoms with van der Waals surface area (Å²) in [6.07, 6.45) is -0.503. The van der Waals surface area contributed by atoms with E-state index in [9.17, 15) is 23.1 Å². The highest BCUT2D eigenvalue weighted by Gasteiger charge is 2.39. The van der Waals surface area contributed by atoms with Crippen LogP contribution in [0.3, 0.4) is 0 Å². The van der Waals surface area contributed by atoms with Crippen LogP contribution in [0.4, 0.5) is 13.2 Å². The lowest BCUT2D eigenvalue weighted by Crippen LogP contribution is -2.36. The summed E-state index contributed by atoms with van der Waals surface area (Å²) in [7, 11) is 1.20. The lowest BCUT2D eigenvalue weighted by atomic mass is 9.71. The van der Waals surface area contributed by atoms with Crippen molar-refractivity contribution in [2.75, 3.05) is 7.11 Å². The second-order valence-electron chi connectivity index (χ2n) is 6.97. The van der Waals surface area contributed by atoms with Crippen LogP contribution < -0.4 is 0 Å². The summed E-state index contributed by atoms with van der Waals surface area (Å²) in [4.78, 5) is 12.0. The Kier molecular flexibility index (Phi) is 7.02. The molecule has 0 fully saturated rings. The Morgan fingerprint density at radius 2 is 1.61 bits per heavy atom. The standard InChI is InChI=1S/C20H19Cl2F3O3/c1-20(2,10-4-6-11(21)7-5-10)14(19(26)27)8-12-15(22)16(23)13(9-28-3)18(25)17(12)24/h4-7,14H,8-9H2,1-3H3,(H,26,27). The Morgan fingerprint density at radius 1 is 1.07 bits per heavy atom. The van der Waals surface area contributed by atoms with Crippen molar-refractivity contribution < 1.29 is 27.8 Å². The number of rotatable bonds is 7. The Bertz CT molecular complexity index is 854. The molecule has 0 aliphatic rings. The highest BCUT2D eigenvalue weighted by atomic mass is 35.5. The second kappa shape index (κ2) is 8.72. The van der Waals surface area contributed by atoms with Gasteiger partial charge in [-0.2, -0.15) is 0 Å². The zero-order chi connectivity index (χ0) is 21.2. The van der Waals surface area contributed by atoms with Crippen LogP contribution in [0, 0.1) is 23.4 Å². The van der Waals surface area contributed by atoms with E-state index in [0.717, 1.165) is 0 Å². The minimum atomic E-state index is -1.44. The van der Waals surface area contributed by atoms with E-state index in [-0.39, 0.29) is 0 Å². The summed E-state index contributed by atoms with van der Waals surface area (Å²) in [6, 6.07) is 6.51. The Balaban J connectivity index is 2.53. The maximum Gasteiger partial charge on any atom is 0.307 e. The van der Waals surface area contributed by atoms with E-state index in [2.05, 4.69) is 4.74 Å². The molecule has 8 heteroatoms. The number of carboxylic acid groups (broad SMARTS) is 1. The van der Waals surface area contributed by atoms with Gasteiger partial charge < -0.3 is 9.84 Å². The molecule has 2 aromatic rings. The molecule has 3 nitrogen and oxygen atoms in total. The number of carboxylic acids is 1. The second-order valence-corrected chi connectivity index (χ2v) is 7.78. The van der Waals surface area contributed by atoms with Crippen LogP contribution in [0.15, 0.2) is 24.3 Å². The van der Waals surface area contributed by atoms with Gasteiger partial charge in [0.25, 0.3) is 0 Å². The first-order valence-corrected chi connectivity index (χ1v) is 9.09. The van der Waals surface area contributed by atoms with E-state index in [0.29, 0.717) is 10.6 Å². The molecule has 1 atom stereocenters. The van der Waals surface area contributed by atoms with Gasteiger partial charge in [0.2, 0.25) is 0 Å². The van der Waals surface area contributed by atoms with Crippen molar-refractivity contribution in [1.82, 2.24) is 0 Å². The van der Waals surface area contributed by atoms with Gasteiger partial charge in [-0.15, -0.1) is 0 Å². The zero-order valence-electron chi connectivity index (χ0n) is 15.5. The van der Waals surface area contributed by atoms with E-state index in [1.54, 1.807) is 38.1 Å². The Labute approximate surface area is 171 Å². The summed E-state index contributed by atoms with van der Waals surface area (Å²) in [6.45, 7) is 2.78. The molecule has 0 aromatic heterocycles. The molecule has 0 radical (unpaired) electrons. The maximum absolute atomic E-state index is 14.6. The molecule has 0 aliphatic carbocycles. The van der Waals surface area contributed by atoms with Crippen LogP contribution in [0.25, 0.3) is 0 Å². The first-order chi connectivity index (χ1) is 13.0. The average Bonchev–Trinajstić information content (AvgIpc) is 2.63. The van der Waals surface area contributed by atoms with Crippen LogP contribution in [0.2, 0.25) is 10.0 Å². The van der Waals surface area contributed by atoms with Crippen LogP contribution in [0.1, 0.15) is 30.5 Å². The summed E-state index contributed by atoms with van der Waals surface area (Å²) in [5, 5.41) is 9.57. The first kappa shape index (κ1) is 22.5. The summed E-state index contributed by atoms with van der Waals surface area (Å²) >= 11 is 11.8. The predicted octanol–water partition coefficient (Wildman–Crippen LogP) is 5.78. The largest absolute Gasteiger partial charge is 0.481 e. The number of hydrogen-bond donors (Lipinski definition) is 1. The summed E-state index contributed by atoms with van der Waals surface area (Å²) in [5.74, 6) is -6.44. The molecule has 0 spiro atoms. The molecule has 1 N–H and O–H groups in total. The molecular formula is C20H19Cl2F3O3. The van der Waals surface area contributed by atoms with Gasteiger partial charge in [0.1, 0.15) is 0 Å². The molecule has 28 heavy (non-hydrogen) atoms. The molecule has 2 aromatic carbocycles. The summed E-state index contributed by atoms with van der Waals surface area (Å²) < 4.78 is 48.0. The Hall–Kier alpha value is -1.76. The normalized spacial score (nSPS) is 12.9. The topological polar surface area (TPSA) is 46.5 Å². The van der Waals surface area contributed by atoms with Gasteiger partial charge in [0, 0.05) is 23.1 Å². The van der Waals surface area contributed by atoms with Gasteiger partial charge in [-0.3, -0.25) is 4.79 Å². The summed E-state index contributed by atoms with van der Waals surface area (Å²) in [5.41, 5.74) is -1.55.